The van der Waals surface area contributed by atoms with Crippen LogP contribution < -0.4 is 14.8 Å². The van der Waals surface area contributed by atoms with Crippen LogP contribution in [0.3, 0.4) is 0 Å². The first-order valence-electron chi connectivity index (χ1n) is 12.5. The number of hydrogen-bond donors (Lipinski definition) is 1. The molecule has 37 heavy (non-hydrogen) atoms. The van der Waals surface area contributed by atoms with E-state index >= 15 is 0 Å². The van der Waals surface area contributed by atoms with Crippen LogP contribution in [-0.4, -0.2) is 55.1 Å². The number of carbonyl (C=O) groups is 2. The highest BCUT2D eigenvalue weighted by Gasteiger charge is 2.35. The van der Waals surface area contributed by atoms with Gasteiger partial charge in [0.1, 0.15) is 6.54 Å². The third-order valence-corrected chi connectivity index (χ3v) is 7.53. The molecule has 3 amide bonds. The SMILES string of the molecule is COc1ccc(CCN(Cc2cccs2)C(=O)CN(C(=O)Nc2c(C)cccc2C)C2CC2)cc1OC. The summed E-state index contributed by atoms with van der Waals surface area (Å²) in [5.74, 6) is 1.28. The summed E-state index contributed by atoms with van der Waals surface area (Å²) < 4.78 is 10.8. The molecule has 0 spiro atoms. The Morgan fingerprint density at radius 3 is 2.35 bits per heavy atom. The van der Waals surface area contributed by atoms with Crippen molar-refractivity contribution in [1.29, 1.82) is 0 Å². The smallest absolute Gasteiger partial charge is 0.322 e. The van der Waals surface area contributed by atoms with Crippen LogP contribution >= 0.6 is 11.3 Å². The fourth-order valence-electron chi connectivity index (χ4n) is 4.37. The Morgan fingerprint density at radius 1 is 1.00 bits per heavy atom. The standard InChI is InChI=1S/C29H35N3O4S/c1-20-7-5-8-21(2)28(20)30-29(34)32(23-11-12-23)19-27(33)31(18-24-9-6-16-37-24)15-14-22-10-13-25(35-3)26(17-22)36-4/h5-10,13,16-17,23H,11-12,14-15,18-19H2,1-4H3,(H,30,34). The van der Waals surface area contributed by atoms with Crippen LogP contribution in [0.15, 0.2) is 53.9 Å². The third kappa shape index (κ3) is 6.83. The van der Waals surface area contributed by atoms with Gasteiger partial charge in [0, 0.05) is 23.2 Å². The van der Waals surface area contributed by atoms with E-state index in [9.17, 15) is 9.59 Å². The highest BCUT2D eigenvalue weighted by atomic mass is 32.1. The van der Waals surface area contributed by atoms with Crippen LogP contribution in [0, 0.1) is 13.8 Å². The molecule has 1 aliphatic rings. The highest BCUT2D eigenvalue weighted by Crippen LogP contribution is 2.30. The van der Waals surface area contributed by atoms with E-state index in [0.717, 1.165) is 40.1 Å². The van der Waals surface area contributed by atoms with Gasteiger partial charge in [-0.3, -0.25) is 4.79 Å². The van der Waals surface area contributed by atoms with Crippen LogP contribution in [0.1, 0.15) is 34.4 Å². The maximum absolute atomic E-state index is 13.6. The lowest BCUT2D eigenvalue weighted by Crippen LogP contribution is -2.46. The molecule has 196 valence electrons. The van der Waals surface area contributed by atoms with E-state index in [1.165, 1.54) is 0 Å². The molecule has 0 atom stereocenters. The zero-order valence-electron chi connectivity index (χ0n) is 22.0. The number of rotatable bonds is 11. The number of benzene rings is 2. The minimum atomic E-state index is -0.218. The third-order valence-electron chi connectivity index (χ3n) is 6.67. The summed E-state index contributed by atoms with van der Waals surface area (Å²) in [5, 5.41) is 5.08. The Bertz CT molecular complexity index is 1200. The first kappa shape index (κ1) is 26.5. The van der Waals surface area contributed by atoms with Crippen molar-refractivity contribution in [2.45, 2.75) is 45.7 Å². The number of aryl methyl sites for hydroxylation is 2. The summed E-state index contributed by atoms with van der Waals surface area (Å²) in [7, 11) is 3.23. The molecule has 0 unspecified atom stereocenters. The van der Waals surface area contributed by atoms with Crippen molar-refractivity contribution in [3.63, 3.8) is 0 Å². The van der Waals surface area contributed by atoms with E-state index in [1.807, 2.05) is 72.7 Å². The first-order valence-corrected chi connectivity index (χ1v) is 13.4. The molecule has 1 saturated carbocycles. The van der Waals surface area contributed by atoms with Crippen molar-refractivity contribution < 1.29 is 19.1 Å². The van der Waals surface area contributed by atoms with Crippen molar-refractivity contribution in [2.75, 3.05) is 32.6 Å². The first-order chi connectivity index (χ1) is 17.9. The lowest BCUT2D eigenvalue weighted by molar-refractivity contribution is -0.132. The normalized spacial score (nSPS) is 12.6. The van der Waals surface area contributed by atoms with Crippen LogP contribution in [0.2, 0.25) is 0 Å². The molecule has 7 nitrogen and oxygen atoms in total. The number of ether oxygens (including phenoxy) is 2. The number of nitrogens with zero attached hydrogens (tertiary/aromatic N) is 2. The number of thiophene rings is 1. The van der Waals surface area contributed by atoms with Gasteiger partial charge < -0.3 is 24.6 Å². The summed E-state index contributed by atoms with van der Waals surface area (Å²) in [6.45, 7) is 5.06. The second kappa shape index (κ2) is 12.1. The Labute approximate surface area is 223 Å². The topological polar surface area (TPSA) is 71.1 Å². The van der Waals surface area contributed by atoms with Gasteiger partial charge in [-0.05, 0) is 73.4 Å². The summed E-state index contributed by atoms with van der Waals surface area (Å²) in [5.41, 5.74) is 3.87. The molecular weight excluding hydrogens is 486 g/mol. The van der Waals surface area contributed by atoms with E-state index in [4.69, 9.17) is 9.47 Å². The van der Waals surface area contributed by atoms with Crippen molar-refractivity contribution in [3.8, 4) is 11.5 Å². The van der Waals surface area contributed by atoms with Crippen LogP contribution in [-0.2, 0) is 17.8 Å². The van der Waals surface area contributed by atoms with Gasteiger partial charge in [0.15, 0.2) is 11.5 Å². The maximum Gasteiger partial charge on any atom is 0.322 e. The molecule has 0 aliphatic heterocycles. The molecule has 1 N–H and O–H groups in total. The van der Waals surface area contributed by atoms with Crippen molar-refractivity contribution in [2.24, 2.45) is 0 Å². The molecule has 2 aromatic carbocycles. The zero-order chi connectivity index (χ0) is 26.4. The van der Waals surface area contributed by atoms with Gasteiger partial charge in [-0.2, -0.15) is 0 Å². The average molecular weight is 522 g/mol. The zero-order valence-corrected chi connectivity index (χ0v) is 22.8. The average Bonchev–Trinajstić information content (AvgIpc) is 3.61. The van der Waals surface area contributed by atoms with E-state index in [0.29, 0.717) is 31.0 Å². The van der Waals surface area contributed by atoms with E-state index < -0.39 is 0 Å². The Morgan fingerprint density at radius 2 is 1.73 bits per heavy atom. The molecule has 8 heteroatoms. The maximum atomic E-state index is 13.6. The Hall–Kier alpha value is -3.52. The number of urea groups is 1. The fraction of sp³-hybridized carbons (Fsp3) is 0.379. The van der Waals surface area contributed by atoms with Gasteiger partial charge in [0.2, 0.25) is 5.91 Å². The Kier molecular flexibility index (Phi) is 8.71. The number of hydrogen-bond acceptors (Lipinski definition) is 5. The largest absolute Gasteiger partial charge is 0.493 e. The molecular formula is C29H35N3O4S. The molecule has 1 aromatic heterocycles. The summed E-state index contributed by atoms with van der Waals surface area (Å²) in [4.78, 5) is 31.6. The predicted octanol–water partition coefficient (Wildman–Crippen LogP) is 5.65. The van der Waals surface area contributed by atoms with E-state index in [-0.39, 0.29) is 24.5 Å². The lowest BCUT2D eigenvalue weighted by Gasteiger charge is -2.28. The molecule has 0 bridgehead atoms. The van der Waals surface area contributed by atoms with Crippen LogP contribution in [0.4, 0.5) is 10.5 Å². The van der Waals surface area contributed by atoms with Gasteiger partial charge in [-0.1, -0.05) is 30.3 Å². The summed E-state index contributed by atoms with van der Waals surface area (Å²) in [6.07, 6.45) is 2.50. The lowest BCUT2D eigenvalue weighted by atomic mass is 10.1. The predicted molar refractivity (Wildman–Crippen MR) is 148 cm³/mol. The minimum Gasteiger partial charge on any atom is -0.493 e. The number of para-hydroxylation sites is 1. The van der Waals surface area contributed by atoms with Crippen molar-refractivity contribution in [3.05, 3.63) is 75.5 Å². The number of nitrogens with one attached hydrogen (secondary N) is 1. The quantitative estimate of drug-likeness (QED) is 0.354. The van der Waals surface area contributed by atoms with Gasteiger partial charge in [0.25, 0.3) is 0 Å². The highest BCUT2D eigenvalue weighted by molar-refractivity contribution is 7.09. The number of anilines is 1. The monoisotopic (exact) mass is 521 g/mol. The van der Waals surface area contributed by atoms with Crippen LogP contribution in [0.25, 0.3) is 0 Å². The number of methoxy groups -OCH3 is 2. The van der Waals surface area contributed by atoms with Gasteiger partial charge in [-0.25, -0.2) is 4.79 Å². The summed E-state index contributed by atoms with van der Waals surface area (Å²) >= 11 is 1.63. The van der Waals surface area contributed by atoms with E-state index in [1.54, 1.807) is 30.5 Å². The molecule has 1 aliphatic carbocycles. The number of amides is 3. The molecule has 0 saturated heterocycles. The minimum absolute atomic E-state index is 0.0543. The van der Waals surface area contributed by atoms with Gasteiger partial charge in [0.05, 0.1) is 20.8 Å². The van der Waals surface area contributed by atoms with Crippen molar-refractivity contribution >= 4 is 29.0 Å². The molecule has 1 heterocycles. The van der Waals surface area contributed by atoms with E-state index in [2.05, 4.69) is 5.32 Å². The Balaban J connectivity index is 1.47. The second-order valence-corrected chi connectivity index (χ2v) is 10.4. The molecule has 3 aromatic rings. The van der Waals surface area contributed by atoms with Crippen molar-refractivity contribution in [1.82, 2.24) is 9.80 Å². The van der Waals surface area contributed by atoms with Gasteiger partial charge in [-0.15, -0.1) is 11.3 Å². The molecule has 4 rings (SSSR count). The van der Waals surface area contributed by atoms with Crippen LogP contribution in [0.5, 0.6) is 11.5 Å². The molecule has 0 radical (unpaired) electrons. The second-order valence-electron chi connectivity index (χ2n) is 9.39. The molecule has 1 fully saturated rings. The summed E-state index contributed by atoms with van der Waals surface area (Å²) in [6, 6.07) is 15.7. The number of carbonyl (C=O) groups excluding carboxylic acids is 2. The van der Waals surface area contributed by atoms with Gasteiger partial charge >= 0.3 is 6.03 Å². The fourth-order valence-corrected chi connectivity index (χ4v) is 5.09.